The predicted molar refractivity (Wildman–Crippen MR) is 204 cm³/mol. The number of alkyl halides is 1. The Kier molecular flexibility index (Phi) is 23.6. The van der Waals surface area contributed by atoms with Crippen LogP contribution in [-0.2, 0) is 37.4 Å². The van der Waals surface area contributed by atoms with Gasteiger partial charge in [-0.1, -0.05) is 49.0 Å². The zero-order chi connectivity index (χ0) is 40.5. The van der Waals surface area contributed by atoms with Crippen molar-refractivity contribution in [3.63, 3.8) is 0 Å². The Morgan fingerprint density at radius 1 is 0.720 bits per heavy atom. The van der Waals surface area contributed by atoms with Gasteiger partial charge in [-0.3, -0.25) is 4.39 Å². The SMILES string of the molecule is C.COC(=O)C(CCN(C)C(=O)OC(C)(C)C)O[Si](C)(C)C(C)(C)C.COC(=O)C(CCNC(=O)OC(C)(C)C)O[Si](C)(C)C(C)(C)C.[2H]CF. The molecule has 0 aliphatic rings. The zero-order valence-corrected chi connectivity index (χ0v) is 36.1. The fraction of sp³-hybridized carbons (Fsp3) is 0.886. The van der Waals surface area contributed by atoms with Crippen LogP contribution in [0.1, 0.15) is 105 Å². The molecule has 0 fully saturated rings. The number of carbonyl (C=O) groups is 4. The standard InChI is InChI=1S/C17H35NO5Si.C16H33NO5Si.CH3F.CH4/c1-16(2,3)22-15(20)18(7)12-11-13(14(19)21-8)23-24(9,10)17(4,5)6;1-15(2,3)21-14(19)17-11-10-12(13(18)20-7)22-23(8,9)16(4,5)6;1-2;/h13H,11-12H2,1-10H3;12H,10-11H2,1-9H3,(H,17,19);1H3;1H4/i;;1D;. The summed E-state index contributed by atoms with van der Waals surface area (Å²) in [5, 5.41) is 2.61. The van der Waals surface area contributed by atoms with Crippen LogP contribution in [-0.4, -0.2) is 111 Å². The molecule has 0 bridgehead atoms. The van der Waals surface area contributed by atoms with Gasteiger partial charge in [0.05, 0.1) is 22.7 Å². The topological polar surface area (TPSA) is 139 Å². The summed E-state index contributed by atoms with van der Waals surface area (Å²) in [7, 11) is -0.892. The van der Waals surface area contributed by atoms with Crippen molar-refractivity contribution < 1.29 is 52.7 Å². The van der Waals surface area contributed by atoms with Gasteiger partial charge in [0, 0.05) is 33.0 Å². The highest BCUT2D eigenvalue weighted by Gasteiger charge is 2.42. The number of esters is 2. The minimum atomic E-state index is -2.12. The third-order valence-electron chi connectivity index (χ3n) is 7.92. The summed E-state index contributed by atoms with van der Waals surface area (Å²) in [4.78, 5) is 49.1. The van der Waals surface area contributed by atoms with Crippen molar-refractivity contribution in [1.82, 2.24) is 10.2 Å². The minimum absolute atomic E-state index is 0. The molecule has 300 valence electrons. The molecule has 12 nitrogen and oxygen atoms in total. The normalized spacial score (nSPS) is 13.6. The zero-order valence-electron chi connectivity index (χ0n) is 35.1. The Balaban J connectivity index is -0.000000395. The monoisotopic (exact) mass is 760 g/mol. The first-order valence-electron chi connectivity index (χ1n) is 17.2. The summed E-state index contributed by atoms with van der Waals surface area (Å²) in [5.41, 5.74) is -1.10. The molecular formula is C35H75FN2O10Si2. The van der Waals surface area contributed by atoms with Gasteiger partial charge in [-0.25, -0.2) is 19.2 Å². The molecule has 2 atom stereocenters. The number of nitrogens with zero attached hydrogens (tertiary/aromatic N) is 1. The Morgan fingerprint density at radius 3 is 1.36 bits per heavy atom. The van der Waals surface area contributed by atoms with Gasteiger partial charge >= 0.3 is 24.1 Å². The van der Waals surface area contributed by atoms with Crippen LogP contribution in [0.5, 0.6) is 0 Å². The molecule has 1 N–H and O–H groups in total. The first-order chi connectivity index (χ1) is 22.2. The number of carbonyl (C=O) groups excluding carboxylic acids is 4. The lowest BCUT2D eigenvalue weighted by molar-refractivity contribution is -0.150. The van der Waals surface area contributed by atoms with Crippen molar-refractivity contribution in [2.45, 2.75) is 163 Å². The lowest BCUT2D eigenvalue weighted by Gasteiger charge is -2.38. The Morgan fingerprint density at radius 2 is 1.06 bits per heavy atom. The Labute approximate surface area is 307 Å². The maximum Gasteiger partial charge on any atom is 0.410 e. The highest BCUT2D eigenvalue weighted by Crippen LogP contribution is 2.38. The molecule has 15 heteroatoms. The number of halogens is 1. The van der Waals surface area contributed by atoms with E-state index in [9.17, 15) is 23.6 Å². The maximum atomic E-state index is 12.1. The number of methoxy groups -OCH3 is 2. The summed E-state index contributed by atoms with van der Waals surface area (Å²) in [6.45, 7) is 32.4. The van der Waals surface area contributed by atoms with Crippen LogP contribution in [0, 0.1) is 0 Å². The molecule has 2 unspecified atom stereocenters. The molecule has 0 rings (SSSR count). The molecule has 50 heavy (non-hydrogen) atoms. The van der Waals surface area contributed by atoms with Gasteiger partial charge in [0.1, 0.15) is 23.4 Å². The van der Waals surface area contributed by atoms with E-state index in [1.807, 2.05) is 20.8 Å². The van der Waals surface area contributed by atoms with Gasteiger partial charge in [-0.05, 0) is 77.8 Å². The molecule has 0 aromatic carbocycles. The molecule has 0 aromatic rings. The fourth-order valence-corrected chi connectivity index (χ4v) is 5.70. The molecule has 0 aliphatic heterocycles. The number of amides is 2. The van der Waals surface area contributed by atoms with Crippen LogP contribution in [0.4, 0.5) is 14.0 Å². The second-order valence-electron chi connectivity index (χ2n) is 16.7. The quantitative estimate of drug-likeness (QED) is 0.117. The van der Waals surface area contributed by atoms with Gasteiger partial charge in [0.2, 0.25) is 0 Å². The lowest BCUT2D eigenvalue weighted by Crippen LogP contribution is -2.47. The van der Waals surface area contributed by atoms with E-state index in [4.69, 9.17) is 29.2 Å². The van der Waals surface area contributed by atoms with Crippen molar-refractivity contribution >= 4 is 40.8 Å². The third kappa shape index (κ3) is 23.3. The van der Waals surface area contributed by atoms with Gasteiger partial charge in [0.25, 0.3) is 0 Å². The summed E-state index contributed by atoms with van der Waals surface area (Å²) in [6, 6.07) is 0. The highest BCUT2D eigenvalue weighted by atomic mass is 28.4. The molecule has 0 saturated carbocycles. The van der Waals surface area contributed by atoms with E-state index in [-0.39, 0.29) is 24.0 Å². The first-order valence-corrected chi connectivity index (χ1v) is 22.3. The van der Waals surface area contributed by atoms with E-state index in [1.165, 1.54) is 19.1 Å². The Bertz CT molecular complexity index is 1040. The van der Waals surface area contributed by atoms with E-state index >= 15 is 0 Å². The third-order valence-corrected chi connectivity index (χ3v) is 16.9. The number of hydrogen-bond donors (Lipinski definition) is 1. The van der Waals surface area contributed by atoms with E-state index in [2.05, 4.69) is 73.0 Å². The van der Waals surface area contributed by atoms with Crippen molar-refractivity contribution in [2.75, 3.05) is 41.5 Å². The number of alkyl carbamates (subject to hydrolysis) is 1. The molecule has 0 saturated heterocycles. The van der Waals surface area contributed by atoms with Crippen LogP contribution in [0.15, 0.2) is 0 Å². The number of rotatable bonds is 12. The smallest absolute Gasteiger partial charge is 0.410 e. The second kappa shape index (κ2) is 22.6. The largest absolute Gasteiger partial charge is 0.467 e. The van der Waals surface area contributed by atoms with E-state index in [0.717, 1.165) is 0 Å². The average molecular weight is 760 g/mol. The van der Waals surface area contributed by atoms with Crippen molar-refractivity contribution in [1.29, 1.82) is 0 Å². The van der Waals surface area contributed by atoms with Gasteiger partial charge in [-0.15, -0.1) is 0 Å². The minimum Gasteiger partial charge on any atom is -0.467 e. The molecule has 0 aliphatic carbocycles. The summed E-state index contributed by atoms with van der Waals surface area (Å²) < 4.78 is 47.9. The van der Waals surface area contributed by atoms with Crippen molar-refractivity contribution in [3.05, 3.63) is 0 Å². The molecule has 0 heterocycles. The summed E-state index contributed by atoms with van der Waals surface area (Å²) in [5.74, 6) is -0.821. The molecule has 0 radical (unpaired) electrons. The van der Waals surface area contributed by atoms with Gasteiger partial charge in [0.15, 0.2) is 16.6 Å². The lowest BCUT2D eigenvalue weighted by atomic mass is 10.2. The predicted octanol–water partition coefficient (Wildman–Crippen LogP) is 8.49. The summed E-state index contributed by atoms with van der Waals surface area (Å²) >= 11 is 0. The van der Waals surface area contributed by atoms with Crippen LogP contribution >= 0.6 is 0 Å². The van der Waals surface area contributed by atoms with E-state index in [1.54, 1.807) is 27.8 Å². The van der Waals surface area contributed by atoms with E-state index in [0.29, 0.717) is 19.4 Å². The van der Waals surface area contributed by atoms with Crippen LogP contribution in [0.3, 0.4) is 0 Å². The van der Waals surface area contributed by atoms with Crippen molar-refractivity contribution in [2.24, 2.45) is 0 Å². The highest BCUT2D eigenvalue weighted by molar-refractivity contribution is 6.74. The second-order valence-corrected chi connectivity index (χ2v) is 26.2. The summed E-state index contributed by atoms with van der Waals surface area (Å²) in [6.07, 6.45) is -1.57. The molecule has 0 aromatic heterocycles. The molecular weight excluding hydrogens is 684 g/mol. The van der Waals surface area contributed by atoms with Gasteiger partial charge < -0.3 is 38.0 Å². The fourth-order valence-electron chi connectivity index (χ4n) is 3.14. The molecule has 0 spiro atoms. The maximum absolute atomic E-state index is 12.1. The number of hydrogen-bond acceptors (Lipinski definition) is 10. The van der Waals surface area contributed by atoms with Crippen molar-refractivity contribution in [3.8, 4) is 0 Å². The first kappa shape index (κ1) is 52.1. The van der Waals surface area contributed by atoms with Gasteiger partial charge in [-0.2, -0.15) is 0 Å². The van der Waals surface area contributed by atoms with Crippen LogP contribution in [0.25, 0.3) is 0 Å². The molecule has 2 amide bonds. The van der Waals surface area contributed by atoms with Crippen LogP contribution < -0.4 is 5.32 Å². The number of ether oxygens (including phenoxy) is 4. The number of nitrogens with one attached hydrogen (secondary N) is 1. The Hall–Kier alpha value is -2.24. The van der Waals surface area contributed by atoms with Crippen LogP contribution in [0.2, 0.25) is 36.3 Å². The average Bonchev–Trinajstić information content (AvgIpc) is 2.91. The van der Waals surface area contributed by atoms with E-state index < -0.39 is 71.3 Å².